The van der Waals surface area contributed by atoms with E-state index in [0.29, 0.717) is 17.2 Å². The minimum absolute atomic E-state index is 0.0124. The molecule has 0 spiro atoms. The van der Waals surface area contributed by atoms with Crippen LogP contribution in [0.15, 0.2) is 73.1 Å². The first-order chi connectivity index (χ1) is 14.2. The van der Waals surface area contributed by atoms with E-state index in [4.69, 9.17) is 0 Å². The van der Waals surface area contributed by atoms with Gasteiger partial charge in [0.25, 0.3) is 5.91 Å². The number of hydrogen-bond donors (Lipinski definition) is 1. The molecule has 5 heteroatoms. The summed E-state index contributed by atoms with van der Waals surface area (Å²) in [6.07, 6.45) is 6.37. The topological polar surface area (TPSA) is 45.2 Å². The summed E-state index contributed by atoms with van der Waals surface area (Å²) in [6.45, 7) is 1.54. The summed E-state index contributed by atoms with van der Waals surface area (Å²) in [6, 6.07) is 18.4. The van der Waals surface area contributed by atoms with Crippen molar-refractivity contribution < 1.29 is 9.18 Å². The lowest BCUT2D eigenvalue weighted by molar-refractivity contribution is 0.0690. The maximum absolute atomic E-state index is 13.1. The van der Waals surface area contributed by atoms with Crippen molar-refractivity contribution in [1.82, 2.24) is 9.88 Å². The van der Waals surface area contributed by atoms with Crippen molar-refractivity contribution >= 4 is 17.3 Å². The standard InChI is InChI=1S/C24H24FN3O/c25-21-6-8-22(9-7-21)27-23-15-20(16-26-17-23)24(29)28-12-10-19(11-13-28)14-18-4-2-1-3-5-18/h1-9,15-17,19,27H,10-14H2. The molecule has 3 aromatic rings. The highest BCUT2D eigenvalue weighted by Crippen LogP contribution is 2.24. The number of halogens is 1. The van der Waals surface area contributed by atoms with Gasteiger partial charge in [0.1, 0.15) is 5.82 Å². The van der Waals surface area contributed by atoms with Crippen molar-refractivity contribution in [1.29, 1.82) is 0 Å². The van der Waals surface area contributed by atoms with Crippen LogP contribution in [0.5, 0.6) is 0 Å². The van der Waals surface area contributed by atoms with Gasteiger partial charge in [-0.3, -0.25) is 9.78 Å². The van der Waals surface area contributed by atoms with Gasteiger partial charge in [-0.25, -0.2) is 4.39 Å². The third kappa shape index (κ3) is 4.99. The van der Waals surface area contributed by atoms with Crippen LogP contribution in [0.2, 0.25) is 0 Å². The second-order valence-corrected chi connectivity index (χ2v) is 7.52. The highest BCUT2D eigenvalue weighted by molar-refractivity contribution is 5.95. The largest absolute Gasteiger partial charge is 0.354 e. The molecule has 4 nitrogen and oxygen atoms in total. The van der Waals surface area contributed by atoms with E-state index in [2.05, 4.69) is 34.6 Å². The highest BCUT2D eigenvalue weighted by Gasteiger charge is 2.24. The fraction of sp³-hybridized carbons (Fsp3) is 0.250. The van der Waals surface area contributed by atoms with Gasteiger partial charge in [-0.15, -0.1) is 0 Å². The fourth-order valence-electron chi connectivity index (χ4n) is 3.80. The summed E-state index contributed by atoms with van der Waals surface area (Å²) >= 11 is 0. The lowest BCUT2D eigenvalue weighted by atomic mass is 9.90. The Morgan fingerprint density at radius 3 is 2.45 bits per heavy atom. The molecule has 1 aromatic heterocycles. The number of hydrogen-bond acceptors (Lipinski definition) is 3. The first-order valence-electron chi connectivity index (χ1n) is 9.98. The third-order valence-electron chi connectivity index (χ3n) is 5.39. The van der Waals surface area contributed by atoms with Gasteiger partial charge in [-0.05, 0) is 61.1 Å². The Bertz CT molecular complexity index is 951. The average molecular weight is 389 g/mol. The smallest absolute Gasteiger partial charge is 0.255 e. The van der Waals surface area contributed by atoms with E-state index in [1.807, 2.05) is 11.0 Å². The number of carbonyl (C=O) groups is 1. The third-order valence-corrected chi connectivity index (χ3v) is 5.39. The molecule has 0 bridgehead atoms. The molecule has 1 aliphatic heterocycles. The maximum Gasteiger partial charge on any atom is 0.255 e. The molecular formula is C24H24FN3O. The zero-order chi connectivity index (χ0) is 20.1. The summed E-state index contributed by atoms with van der Waals surface area (Å²) < 4.78 is 13.1. The number of piperidine rings is 1. The number of amides is 1. The van der Waals surface area contributed by atoms with Gasteiger partial charge in [-0.1, -0.05) is 30.3 Å². The van der Waals surface area contributed by atoms with Crippen LogP contribution >= 0.6 is 0 Å². The predicted molar refractivity (Wildman–Crippen MR) is 113 cm³/mol. The maximum atomic E-state index is 13.1. The van der Waals surface area contributed by atoms with Crippen LogP contribution in [-0.2, 0) is 6.42 Å². The normalized spacial score (nSPS) is 14.6. The van der Waals surface area contributed by atoms with Gasteiger partial charge >= 0.3 is 0 Å². The SMILES string of the molecule is O=C(c1cncc(Nc2ccc(F)cc2)c1)N1CCC(Cc2ccccc2)CC1. The fourth-order valence-corrected chi connectivity index (χ4v) is 3.80. The number of benzene rings is 2. The predicted octanol–water partition coefficient (Wildman–Crippen LogP) is 5.06. The van der Waals surface area contributed by atoms with Crippen LogP contribution in [0.25, 0.3) is 0 Å². The van der Waals surface area contributed by atoms with Crippen molar-refractivity contribution in [3.63, 3.8) is 0 Å². The summed E-state index contributed by atoms with van der Waals surface area (Å²) in [5, 5.41) is 3.16. The van der Waals surface area contributed by atoms with Crippen LogP contribution in [0.3, 0.4) is 0 Å². The van der Waals surface area contributed by atoms with E-state index in [9.17, 15) is 9.18 Å². The van der Waals surface area contributed by atoms with Crippen molar-refractivity contribution in [3.05, 3.63) is 90.0 Å². The van der Waals surface area contributed by atoms with Crippen molar-refractivity contribution in [3.8, 4) is 0 Å². The molecule has 148 valence electrons. The summed E-state index contributed by atoms with van der Waals surface area (Å²) in [5.74, 6) is 0.345. The molecule has 2 aromatic carbocycles. The Morgan fingerprint density at radius 1 is 1.00 bits per heavy atom. The molecule has 1 aliphatic rings. The number of nitrogens with zero attached hydrogens (tertiary/aromatic N) is 2. The molecule has 4 rings (SSSR count). The van der Waals surface area contributed by atoms with Gasteiger partial charge < -0.3 is 10.2 Å². The monoisotopic (exact) mass is 389 g/mol. The van der Waals surface area contributed by atoms with Crippen molar-refractivity contribution in [2.45, 2.75) is 19.3 Å². The molecular weight excluding hydrogens is 365 g/mol. The van der Waals surface area contributed by atoms with Crippen LogP contribution in [0.1, 0.15) is 28.8 Å². The minimum Gasteiger partial charge on any atom is -0.354 e. The molecule has 0 radical (unpaired) electrons. The molecule has 1 saturated heterocycles. The summed E-state index contributed by atoms with van der Waals surface area (Å²) in [5.41, 5.74) is 3.39. The second kappa shape index (κ2) is 8.86. The number of pyridine rings is 1. The van der Waals surface area contributed by atoms with E-state index in [1.165, 1.54) is 17.7 Å². The minimum atomic E-state index is -0.284. The number of aromatic nitrogens is 1. The van der Waals surface area contributed by atoms with E-state index in [1.54, 1.807) is 30.6 Å². The Balaban J connectivity index is 1.35. The number of rotatable bonds is 5. The Kier molecular flexibility index (Phi) is 5.84. The zero-order valence-electron chi connectivity index (χ0n) is 16.2. The quantitative estimate of drug-likeness (QED) is 0.663. The average Bonchev–Trinajstić information content (AvgIpc) is 2.76. The number of likely N-dealkylation sites (tertiary alicyclic amines) is 1. The molecule has 0 aliphatic carbocycles. The van der Waals surface area contributed by atoms with Crippen LogP contribution in [0.4, 0.5) is 15.8 Å². The molecule has 1 amide bonds. The molecule has 0 atom stereocenters. The second-order valence-electron chi connectivity index (χ2n) is 7.52. The summed E-state index contributed by atoms with van der Waals surface area (Å²) in [7, 11) is 0. The molecule has 29 heavy (non-hydrogen) atoms. The Morgan fingerprint density at radius 2 is 1.72 bits per heavy atom. The van der Waals surface area contributed by atoms with Gasteiger partial charge in [0.2, 0.25) is 0 Å². The first kappa shape index (κ1) is 19.1. The van der Waals surface area contributed by atoms with E-state index < -0.39 is 0 Å². The van der Waals surface area contributed by atoms with E-state index in [-0.39, 0.29) is 11.7 Å². The molecule has 1 fully saturated rings. The zero-order valence-corrected chi connectivity index (χ0v) is 16.2. The number of carbonyl (C=O) groups excluding carboxylic acids is 1. The lowest BCUT2D eigenvalue weighted by Gasteiger charge is -2.32. The molecule has 1 N–H and O–H groups in total. The van der Waals surface area contributed by atoms with Crippen molar-refractivity contribution in [2.75, 3.05) is 18.4 Å². The first-order valence-corrected chi connectivity index (χ1v) is 9.98. The molecule has 0 unspecified atom stereocenters. The number of nitrogens with one attached hydrogen (secondary N) is 1. The Hall–Kier alpha value is -3.21. The molecule has 2 heterocycles. The number of anilines is 2. The van der Waals surface area contributed by atoms with Crippen LogP contribution < -0.4 is 5.32 Å². The Labute approximate surface area is 170 Å². The van der Waals surface area contributed by atoms with Gasteiger partial charge in [0, 0.05) is 25.0 Å². The van der Waals surface area contributed by atoms with Crippen molar-refractivity contribution in [2.24, 2.45) is 5.92 Å². The van der Waals surface area contributed by atoms with Gasteiger partial charge in [-0.2, -0.15) is 0 Å². The highest BCUT2D eigenvalue weighted by atomic mass is 19.1. The van der Waals surface area contributed by atoms with E-state index >= 15 is 0 Å². The van der Waals surface area contributed by atoms with Gasteiger partial charge in [0.15, 0.2) is 0 Å². The van der Waals surface area contributed by atoms with E-state index in [0.717, 1.165) is 38.0 Å². The van der Waals surface area contributed by atoms with Crippen LogP contribution in [0, 0.1) is 11.7 Å². The summed E-state index contributed by atoms with van der Waals surface area (Å²) in [4.78, 5) is 19.0. The van der Waals surface area contributed by atoms with Gasteiger partial charge in [0.05, 0.1) is 17.4 Å². The lowest BCUT2D eigenvalue weighted by Crippen LogP contribution is -2.39. The van der Waals surface area contributed by atoms with Crippen LogP contribution in [-0.4, -0.2) is 28.9 Å². The molecule has 0 saturated carbocycles.